The number of carbonyl (C=O) groups excluding carboxylic acids is 1. The summed E-state index contributed by atoms with van der Waals surface area (Å²) >= 11 is 0. The van der Waals surface area contributed by atoms with Gasteiger partial charge in [0.05, 0.1) is 32.6 Å². The Kier molecular flexibility index (Phi) is 5.55. The molecule has 3 aromatic carbocycles. The van der Waals surface area contributed by atoms with Crippen LogP contribution in [0.5, 0.6) is 28.7 Å². The molecule has 1 atom stereocenters. The molecule has 3 aliphatic rings. The lowest BCUT2D eigenvalue weighted by atomic mass is 9.80. The molecule has 0 N–H and O–H groups in total. The van der Waals surface area contributed by atoms with Crippen molar-refractivity contribution in [3.8, 4) is 28.7 Å². The molecule has 8 nitrogen and oxygen atoms in total. The number of rotatable bonds is 6. The first-order valence-corrected chi connectivity index (χ1v) is 11.7. The predicted octanol–water partition coefficient (Wildman–Crippen LogP) is 4.54. The average Bonchev–Trinajstić information content (AvgIpc) is 3.54. The number of carbonyl (C=O) groups is 1. The summed E-state index contributed by atoms with van der Waals surface area (Å²) in [6.45, 7) is 0.634. The molecule has 37 heavy (non-hydrogen) atoms. The van der Waals surface area contributed by atoms with Gasteiger partial charge in [0.25, 0.3) is 0 Å². The highest BCUT2D eigenvalue weighted by Gasteiger charge is 2.43. The Hall–Kier alpha value is -4.40. The summed E-state index contributed by atoms with van der Waals surface area (Å²) in [5.74, 6) is 1.40. The first-order valence-electron chi connectivity index (χ1n) is 11.7. The number of benzene rings is 3. The van der Waals surface area contributed by atoms with Gasteiger partial charge in [-0.1, -0.05) is 12.1 Å². The minimum atomic E-state index is -0.493. The molecular formula is C28H24FNO7. The highest BCUT2D eigenvalue weighted by Crippen LogP contribution is 2.53. The van der Waals surface area contributed by atoms with Crippen molar-refractivity contribution in [3.63, 3.8) is 0 Å². The zero-order chi connectivity index (χ0) is 25.7. The first kappa shape index (κ1) is 23.0. The predicted molar refractivity (Wildman–Crippen MR) is 131 cm³/mol. The van der Waals surface area contributed by atoms with Gasteiger partial charge in [0, 0.05) is 24.2 Å². The van der Waals surface area contributed by atoms with E-state index in [4.69, 9.17) is 28.4 Å². The molecule has 0 spiro atoms. The van der Waals surface area contributed by atoms with Gasteiger partial charge in [0.1, 0.15) is 12.4 Å². The standard InChI is InChI=1S/C28H24FNO7/c1-32-23-8-16(9-24(33-2)27(23)34-3)25-18-10-21-22(37-14-36-21)11-19(18)30(20-13-35-28(31)26(20)25)12-15-4-6-17(29)7-5-15/h4-11,25H,12-14H2,1-3H3. The van der Waals surface area contributed by atoms with Crippen LogP contribution >= 0.6 is 0 Å². The van der Waals surface area contributed by atoms with Crippen molar-refractivity contribution in [2.45, 2.75) is 12.5 Å². The van der Waals surface area contributed by atoms with Gasteiger partial charge < -0.3 is 33.3 Å². The Morgan fingerprint density at radius 1 is 0.919 bits per heavy atom. The quantitative estimate of drug-likeness (QED) is 0.452. The molecule has 0 saturated heterocycles. The number of halogens is 1. The number of cyclic esters (lactones) is 1. The molecule has 6 rings (SSSR count). The van der Waals surface area contributed by atoms with Crippen LogP contribution < -0.4 is 28.6 Å². The number of nitrogens with zero attached hydrogens (tertiary/aromatic N) is 1. The molecule has 190 valence electrons. The third kappa shape index (κ3) is 3.69. The van der Waals surface area contributed by atoms with Gasteiger partial charge in [-0.2, -0.15) is 0 Å². The Morgan fingerprint density at radius 3 is 2.24 bits per heavy atom. The summed E-state index contributed by atoms with van der Waals surface area (Å²) in [5, 5.41) is 0. The fourth-order valence-electron chi connectivity index (χ4n) is 5.20. The molecular weight excluding hydrogens is 481 g/mol. The Bertz CT molecular complexity index is 1410. The summed E-state index contributed by atoms with van der Waals surface area (Å²) < 4.78 is 47.2. The molecule has 1 unspecified atom stereocenters. The van der Waals surface area contributed by atoms with Gasteiger partial charge >= 0.3 is 5.97 Å². The van der Waals surface area contributed by atoms with Gasteiger partial charge in [-0.15, -0.1) is 0 Å². The van der Waals surface area contributed by atoms with Crippen LogP contribution in [-0.2, 0) is 16.1 Å². The lowest BCUT2D eigenvalue weighted by Crippen LogP contribution is -2.30. The summed E-state index contributed by atoms with van der Waals surface area (Å²) in [4.78, 5) is 15.2. The van der Waals surface area contributed by atoms with Crippen molar-refractivity contribution in [2.75, 3.05) is 39.6 Å². The van der Waals surface area contributed by atoms with Gasteiger partial charge in [0.2, 0.25) is 12.5 Å². The van der Waals surface area contributed by atoms with Crippen molar-refractivity contribution in [1.82, 2.24) is 0 Å². The van der Waals surface area contributed by atoms with Crippen LogP contribution in [0.3, 0.4) is 0 Å². The summed E-state index contributed by atoms with van der Waals surface area (Å²) in [5.41, 5.74) is 4.56. The average molecular weight is 505 g/mol. The van der Waals surface area contributed by atoms with Gasteiger partial charge in [0.15, 0.2) is 23.0 Å². The van der Waals surface area contributed by atoms with E-state index in [1.165, 1.54) is 12.1 Å². The number of anilines is 1. The van der Waals surface area contributed by atoms with E-state index in [9.17, 15) is 9.18 Å². The third-order valence-electron chi connectivity index (χ3n) is 6.88. The largest absolute Gasteiger partial charge is 0.493 e. The summed E-state index contributed by atoms with van der Waals surface area (Å²) in [7, 11) is 4.64. The highest BCUT2D eigenvalue weighted by molar-refractivity contribution is 5.98. The smallest absolute Gasteiger partial charge is 0.337 e. The molecule has 0 amide bonds. The maximum Gasteiger partial charge on any atom is 0.337 e. The monoisotopic (exact) mass is 505 g/mol. The molecule has 3 heterocycles. The molecule has 9 heteroatoms. The van der Waals surface area contributed by atoms with E-state index in [1.54, 1.807) is 33.5 Å². The normalized spacial score (nSPS) is 17.4. The SMILES string of the molecule is COc1cc(C2C3=C(COC3=O)N(Cc3ccc(F)cc3)c3cc4c(cc32)OCO4)cc(OC)c1OC. The topological polar surface area (TPSA) is 75.7 Å². The van der Waals surface area contributed by atoms with Crippen LogP contribution in [0.4, 0.5) is 10.1 Å². The van der Waals surface area contributed by atoms with Crippen LogP contribution in [0.1, 0.15) is 22.6 Å². The maximum absolute atomic E-state index is 13.6. The van der Waals surface area contributed by atoms with E-state index in [0.717, 1.165) is 28.1 Å². The highest BCUT2D eigenvalue weighted by atomic mass is 19.1. The van der Waals surface area contributed by atoms with Crippen molar-refractivity contribution >= 4 is 11.7 Å². The van der Waals surface area contributed by atoms with E-state index in [1.807, 2.05) is 29.2 Å². The second-order valence-electron chi connectivity index (χ2n) is 8.81. The fraction of sp³-hybridized carbons (Fsp3) is 0.250. The lowest BCUT2D eigenvalue weighted by molar-refractivity contribution is -0.136. The van der Waals surface area contributed by atoms with Crippen molar-refractivity contribution in [2.24, 2.45) is 0 Å². The second kappa shape index (κ2) is 8.92. The Labute approximate surface area is 212 Å². The lowest BCUT2D eigenvalue weighted by Gasteiger charge is -2.36. The second-order valence-corrected chi connectivity index (χ2v) is 8.81. The van der Waals surface area contributed by atoms with E-state index in [0.29, 0.717) is 40.9 Å². The first-order chi connectivity index (χ1) is 18.0. The van der Waals surface area contributed by atoms with Gasteiger partial charge in [-0.3, -0.25) is 0 Å². The number of fused-ring (bicyclic) bond motifs is 2. The number of hydrogen-bond donors (Lipinski definition) is 0. The van der Waals surface area contributed by atoms with Crippen LogP contribution in [0, 0.1) is 5.82 Å². The van der Waals surface area contributed by atoms with Crippen LogP contribution in [0.2, 0.25) is 0 Å². The maximum atomic E-state index is 13.6. The molecule has 0 bridgehead atoms. The zero-order valence-corrected chi connectivity index (χ0v) is 20.5. The number of methoxy groups -OCH3 is 3. The molecule has 0 radical (unpaired) electrons. The fourth-order valence-corrected chi connectivity index (χ4v) is 5.20. The van der Waals surface area contributed by atoms with E-state index in [2.05, 4.69) is 0 Å². The summed E-state index contributed by atoms with van der Waals surface area (Å²) in [6.07, 6.45) is 0. The summed E-state index contributed by atoms with van der Waals surface area (Å²) in [6, 6.07) is 13.8. The van der Waals surface area contributed by atoms with Gasteiger partial charge in [-0.25, -0.2) is 9.18 Å². The minimum Gasteiger partial charge on any atom is -0.493 e. The Morgan fingerprint density at radius 2 is 1.59 bits per heavy atom. The molecule has 3 aliphatic heterocycles. The van der Waals surface area contributed by atoms with Crippen molar-refractivity contribution in [3.05, 3.63) is 82.3 Å². The van der Waals surface area contributed by atoms with Crippen LogP contribution in [-0.4, -0.2) is 40.7 Å². The molecule has 0 aliphatic carbocycles. The molecule has 0 saturated carbocycles. The zero-order valence-electron chi connectivity index (χ0n) is 20.5. The van der Waals surface area contributed by atoms with E-state index in [-0.39, 0.29) is 19.2 Å². The number of ether oxygens (including phenoxy) is 6. The van der Waals surface area contributed by atoms with Gasteiger partial charge in [-0.05, 0) is 47.0 Å². The molecule has 3 aromatic rings. The minimum absolute atomic E-state index is 0.111. The van der Waals surface area contributed by atoms with Crippen LogP contribution in [0.25, 0.3) is 0 Å². The molecule has 0 fully saturated rings. The van der Waals surface area contributed by atoms with Crippen molar-refractivity contribution < 1.29 is 37.6 Å². The Balaban J connectivity index is 1.57. The van der Waals surface area contributed by atoms with E-state index >= 15 is 0 Å². The van der Waals surface area contributed by atoms with E-state index < -0.39 is 11.9 Å². The van der Waals surface area contributed by atoms with Crippen LogP contribution in [0.15, 0.2) is 59.8 Å². The molecule has 0 aromatic heterocycles. The number of hydrogen-bond acceptors (Lipinski definition) is 8. The number of esters is 1. The van der Waals surface area contributed by atoms with Crippen molar-refractivity contribution in [1.29, 1.82) is 0 Å². The third-order valence-corrected chi connectivity index (χ3v) is 6.88.